The van der Waals surface area contributed by atoms with Crippen LogP contribution < -0.4 is 0 Å². The highest BCUT2D eigenvalue weighted by molar-refractivity contribution is 9.10. The minimum absolute atomic E-state index is 0.0621. The van der Waals surface area contributed by atoms with Gasteiger partial charge in [0, 0.05) is 16.9 Å². The number of hydrogen-bond acceptors (Lipinski definition) is 3. The Hall–Kier alpha value is -2.79. The van der Waals surface area contributed by atoms with Crippen molar-refractivity contribution in [2.24, 2.45) is 0 Å². The number of amides is 1. The number of aromatic hydroxyl groups is 1. The number of phenolic OH excluding ortho intramolecular Hbond substituents is 1. The summed E-state index contributed by atoms with van der Waals surface area (Å²) in [5.41, 5.74) is 6.97. The topological polar surface area (TPSA) is 49.8 Å². The number of carbonyl (C=O) groups excluding carboxylic acids is 1. The molecular weight excluding hydrogens is 430 g/mol. The lowest BCUT2D eigenvalue weighted by Crippen LogP contribution is -2.37. The molecule has 0 saturated carbocycles. The van der Waals surface area contributed by atoms with Gasteiger partial charge in [-0.25, -0.2) is 4.79 Å². The molecule has 1 aliphatic heterocycles. The first kappa shape index (κ1) is 18.3. The van der Waals surface area contributed by atoms with E-state index in [4.69, 9.17) is 4.74 Å². The molecule has 3 aromatic carbocycles. The fourth-order valence-electron chi connectivity index (χ4n) is 4.44. The van der Waals surface area contributed by atoms with E-state index in [0.717, 1.165) is 15.6 Å². The van der Waals surface area contributed by atoms with Gasteiger partial charge >= 0.3 is 6.09 Å². The normalized spacial score (nSPS) is 14.9. The summed E-state index contributed by atoms with van der Waals surface area (Å²) in [4.78, 5) is 14.5. The van der Waals surface area contributed by atoms with Gasteiger partial charge in [0.2, 0.25) is 0 Å². The maximum absolute atomic E-state index is 12.8. The average Bonchev–Trinajstić information content (AvgIpc) is 3.05. The van der Waals surface area contributed by atoms with E-state index in [1.54, 1.807) is 17.0 Å². The zero-order valence-corrected chi connectivity index (χ0v) is 17.4. The van der Waals surface area contributed by atoms with Gasteiger partial charge in [0.05, 0.1) is 6.54 Å². The number of ether oxygens (including phenoxy) is 1. The van der Waals surface area contributed by atoms with Crippen molar-refractivity contribution in [2.45, 2.75) is 18.9 Å². The molecule has 2 aliphatic rings. The van der Waals surface area contributed by atoms with E-state index in [9.17, 15) is 9.90 Å². The van der Waals surface area contributed by atoms with Crippen molar-refractivity contribution in [3.8, 4) is 16.9 Å². The quantitative estimate of drug-likeness (QED) is 0.564. The Morgan fingerprint density at radius 3 is 2.41 bits per heavy atom. The highest BCUT2D eigenvalue weighted by Gasteiger charge is 2.30. The standard InChI is InChI=1S/C24H20BrNO3/c25-23-12-16(27)11-15-9-10-26(13-21(15)23)24(28)29-14-22-19-7-3-1-5-17(19)18-6-2-4-8-20(18)22/h1-8,11-12,22,27H,9-10,13-14H2. The molecule has 29 heavy (non-hydrogen) atoms. The Labute approximate surface area is 177 Å². The van der Waals surface area contributed by atoms with Crippen LogP contribution in [0.3, 0.4) is 0 Å². The van der Waals surface area contributed by atoms with Crippen LogP contribution in [-0.4, -0.2) is 29.3 Å². The number of nitrogens with zero attached hydrogens (tertiary/aromatic N) is 1. The van der Waals surface area contributed by atoms with Crippen molar-refractivity contribution in [3.63, 3.8) is 0 Å². The van der Waals surface area contributed by atoms with Gasteiger partial charge < -0.3 is 14.7 Å². The molecule has 1 N–H and O–H groups in total. The first-order valence-corrected chi connectivity index (χ1v) is 10.5. The molecule has 0 unspecified atom stereocenters. The molecule has 1 aliphatic carbocycles. The SMILES string of the molecule is O=C(OCC1c2ccccc2-c2ccccc21)N1CCc2cc(O)cc(Br)c2C1. The maximum Gasteiger partial charge on any atom is 0.410 e. The number of fused-ring (bicyclic) bond motifs is 4. The van der Waals surface area contributed by atoms with Crippen LogP contribution in [0, 0.1) is 0 Å². The summed E-state index contributed by atoms with van der Waals surface area (Å²) in [5, 5.41) is 9.77. The molecule has 0 aromatic heterocycles. The van der Waals surface area contributed by atoms with Crippen LogP contribution in [0.4, 0.5) is 4.79 Å². The lowest BCUT2D eigenvalue weighted by molar-refractivity contribution is 0.0952. The second-order valence-corrected chi connectivity index (χ2v) is 8.40. The molecule has 5 heteroatoms. The third-order valence-corrected chi connectivity index (χ3v) is 6.57. The van der Waals surface area contributed by atoms with E-state index in [2.05, 4.69) is 40.2 Å². The van der Waals surface area contributed by atoms with E-state index >= 15 is 0 Å². The summed E-state index contributed by atoms with van der Waals surface area (Å²) in [6, 6.07) is 20.1. The monoisotopic (exact) mass is 449 g/mol. The summed E-state index contributed by atoms with van der Waals surface area (Å²) in [6.07, 6.45) is 0.407. The van der Waals surface area contributed by atoms with Crippen molar-refractivity contribution in [1.82, 2.24) is 4.90 Å². The largest absolute Gasteiger partial charge is 0.508 e. The van der Waals surface area contributed by atoms with Crippen molar-refractivity contribution >= 4 is 22.0 Å². The first-order chi connectivity index (χ1) is 14.1. The Morgan fingerprint density at radius 1 is 1.07 bits per heavy atom. The molecule has 0 bridgehead atoms. The Kier molecular flexibility index (Phi) is 4.55. The summed E-state index contributed by atoms with van der Waals surface area (Å²) in [5.74, 6) is 0.303. The van der Waals surface area contributed by atoms with Crippen LogP contribution in [0.1, 0.15) is 28.2 Å². The van der Waals surface area contributed by atoms with Crippen LogP contribution in [0.15, 0.2) is 65.1 Å². The highest BCUT2D eigenvalue weighted by atomic mass is 79.9. The van der Waals surface area contributed by atoms with E-state index < -0.39 is 0 Å². The van der Waals surface area contributed by atoms with Gasteiger partial charge in [-0.3, -0.25) is 0 Å². The number of benzene rings is 3. The molecule has 0 spiro atoms. The second-order valence-electron chi connectivity index (χ2n) is 7.54. The number of carbonyl (C=O) groups is 1. The molecule has 1 amide bonds. The number of hydrogen-bond donors (Lipinski definition) is 1. The molecule has 5 rings (SSSR count). The summed E-state index contributed by atoms with van der Waals surface area (Å²) >= 11 is 3.50. The van der Waals surface area contributed by atoms with Crippen LogP contribution in [0.5, 0.6) is 5.75 Å². The number of halogens is 1. The van der Waals surface area contributed by atoms with Crippen molar-refractivity contribution in [1.29, 1.82) is 0 Å². The fourth-order valence-corrected chi connectivity index (χ4v) is 5.06. The fraction of sp³-hybridized carbons (Fsp3) is 0.208. The van der Waals surface area contributed by atoms with E-state index in [1.807, 2.05) is 24.3 Å². The number of phenols is 1. The molecule has 3 aromatic rings. The molecular formula is C24H20BrNO3. The van der Waals surface area contributed by atoms with E-state index in [1.165, 1.54) is 22.3 Å². The molecule has 1 heterocycles. The predicted molar refractivity (Wildman–Crippen MR) is 115 cm³/mol. The molecule has 0 saturated heterocycles. The highest BCUT2D eigenvalue weighted by Crippen LogP contribution is 2.44. The molecule has 0 atom stereocenters. The average molecular weight is 450 g/mol. The third-order valence-electron chi connectivity index (χ3n) is 5.87. The van der Waals surface area contributed by atoms with Crippen molar-refractivity contribution < 1.29 is 14.6 Å². The predicted octanol–water partition coefficient (Wildman–Crippen LogP) is 5.46. The van der Waals surface area contributed by atoms with Crippen molar-refractivity contribution in [3.05, 3.63) is 87.4 Å². The van der Waals surface area contributed by atoms with Gasteiger partial charge in [0.25, 0.3) is 0 Å². The summed E-state index contributed by atoms with van der Waals surface area (Å²) < 4.78 is 6.60. The van der Waals surface area contributed by atoms with Crippen LogP contribution in [0.2, 0.25) is 0 Å². The minimum atomic E-state index is -0.294. The van der Waals surface area contributed by atoms with Gasteiger partial charge in [-0.1, -0.05) is 64.5 Å². The van der Waals surface area contributed by atoms with Crippen LogP contribution in [0.25, 0.3) is 11.1 Å². The third kappa shape index (κ3) is 3.19. The molecule has 0 fully saturated rings. The van der Waals surface area contributed by atoms with Crippen molar-refractivity contribution in [2.75, 3.05) is 13.2 Å². The van der Waals surface area contributed by atoms with Gasteiger partial charge in [-0.05, 0) is 51.9 Å². The zero-order valence-electron chi connectivity index (χ0n) is 15.8. The maximum atomic E-state index is 12.8. The van der Waals surface area contributed by atoms with Gasteiger partial charge in [0.1, 0.15) is 12.4 Å². The number of rotatable bonds is 2. The van der Waals surface area contributed by atoms with Crippen LogP contribution in [-0.2, 0) is 17.7 Å². The Morgan fingerprint density at radius 2 is 1.72 bits per heavy atom. The van der Waals surface area contributed by atoms with E-state index in [-0.39, 0.29) is 17.8 Å². The summed E-state index contributed by atoms with van der Waals surface area (Å²) in [7, 11) is 0. The van der Waals surface area contributed by atoms with Gasteiger partial charge in [0.15, 0.2) is 0 Å². The van der Waals surface area contributed by atoms with E-state index in [0.29, 0.717) is 26.1 Å². The summed E-state index contributed by atoms with van der Waals surface area (Å²) in [6.45, 7) is 1.39. The molecule has 0 radical (unpaired) electrons. The van der Waals surface area contributed by atoms with Crippen LogP contribution >= 0.6 is 15.9 Å². The lowest BCUT2D eigenvalue weighted by Gasteiger charge is -2.29. The minimum Gasteiger partial charge on any atom is -0.508 e. The zero-order chi connectivity index (χ0) is 20.0. The first-order valence-electron chi connectivity index (χ1n) is 9.72. The smallest absolute Gasteiger partial charge is 0.410 e. The van der Waals surface area contributed by atoms with Gasteiger partial charge in [-0.2, -0.15) is 0 Å². The molecule has 4 nitrogen and oxygen atoms in total. The second kappa shape index (κ2) is 7.23. The Balaban J connectivity index is 1.33. The lowest BCUT2D eigenvalue weighted by atomic mass is 9.98. The molecule has 146 valence electrons. The Bertz CT molecular complexity index is 1070. The van der Waals surface area contributed by atoms with Gasteiger partial charge in [-0.15, -0.1) is 0 Å².